The maximum absolute atomic E-state index is 5.06. The van der Waals surface area contributed by atoms with E-state index in [1.165, 1.54) is 0 Å². The molecule has 74 valence electrons. The second kappa shape index (κ2) is 3.59. The molecule has 14 heavy (non-hydrogen) atoms. The summed E-state index contributed by atoms with van der Waals surface area (Å²) in [5.41, 5.74) is 0. The predicted octanol–water partition coefficient (Wildman–Crippen LogP) is 0.740. The zero-order valence-electron chi connectivity index (χ0n) is 7.98. The number of rotatable bonds is 3. The number of hydrogen-bond donors (Lipinski definition) is 2. The van der Waals surface area contributed by atoms with Crippen LogP contribution in [-0.4, -0.2) is 27.2 Å². The lowest BCUT2D eigenvalue weighted by Gasteiger charge is -2.00. The van der Waals surface area contributed by atoms with Crippen molar-refractivity contribution in [3.8, 4) is 11.6 Å². The van der Waals surface area contributed by atoms with Gasteiger partial charge in [0.25, 0.3) is 0 Å². The fourth-order valence-corrected chi connectivity index (χ4v) is 1.02. The summed E-state index contributed by atoms with van der Waals surface area (Å²) in [5, 5.41) is 6.82. The minimum absolute atomic E-state index is 0.0474. The number of nitrogens with zero attached hydrogens (tertiary/aromatic N) is 3. The first-order valence-corrected chi connectivity index (χ1v) is 4.32. The first-order valence-electron chi connectivity index (χ1n) is 4.32. The van der Waals surface area contributed by atoms with Gasteiger partial charge in [-0.3, -0.25) is 0 Å². The third kappa shape index (κ3) is 1.51. The van der Waals surface area contributed by atoms with Crippen LogP contribution >= 0.6 is 0 Å². The highest BCUT2D eigenvalue weighted by molar-refractivity contribution is 5.40. The van der Waals surface area contributed by atoms with Crippen LogP contribution < -0.4 is 5.32 Å². The molecule has 2 aromatic heterocycles. The molecule has 0 saturated heterocycles. The van der Waals surface area contributed by atoms with Gasteiger partial charge in [0.2, 0.25) is 11.7 Å². The molecule has 0 fully saturated rings. The van der Waals surface area contributed by atoms with E-state index >= 15 is 0 Å². The van der Waals surface area contributed by atoms with E-state index in [-0.39, 0.29) is 6.04 Å². The Morgan fingerprint density at radius 1 is 1.57 bits per heavy atom. The Hall–Kier alpha value is -1.69. The Labute approximate surface area is 80.7 Å². The van der Waals surface area contributed by atoms with Crippen molar-refractivity contribution in [2.75, 3.05) is 7.05 Å². The van der Waals surface area contributed by atoms with Gasteiger partial charge in [0.05, 0.1) is 6.04 Å². The molecule has 2 heterocycles. The monoisotopic (exact) mass is 193 g/mol. The molecule has 6 heteroatoms. The maximum atomic E-state index is 5.06. The molecule has 2 N–H and O–H groups in total. The highest BCUT2D eigenvalue weighted by Gasteiger charge is 2.14. The molecular formula is C8H11N5O. The van der Waals surface area contributed by atoms with Crippen LogP contribution in [0.2, 0.25) is 0 Å². The summed E-state index contributed by atoms with van der Waals surface area (Å²) in [5.74, 6) is 1.65. The molecule has 0 bridgehead atoms. The number of nitrogens with one attached hydrogen (secondary N) is 2. The Kier molecular flexibility index (Phi) is 2.28. The van der Waals surface area contributed by atoms with Crippen molar-refractivity contribution in [1.82, 2.24) is 25.4 Å². The Balaban J connectivity index is 2.26. The van der Waals surface area contributed by atoms with Gasteiger partial charge in [0, 0.05) is 12.4 Å². The highest BCUT2D eigenvalue weighted by atomic mass is 16.5. The minimum atomic E-state index is 0.0474. The fraction of sp³-hybridized carbons (Fsp3) is 0.375. The molecule has 0 radical (unpaired) electrons. The molecule has 0 aliphatic heterocycles. The topological polar surface area (TPSA) is 79.6 Å². The third-order valence-corrected chi connectivity index (χ3v) is 1.96. The van der Waals surface area contributed by atoms with E-state index in [9.17, 15) is 0 Å². The summed E-state index contributed by atoms with van der Waals surface area (Å²) in [4.78, 5) is 11.1. The average Bonchev–Trinajstić information content (AvgIpc) is 2.86. The van der Waals surface area contributed by atoms with Crippen molar-refractivity contribution < 1.29 is 4.52 Å². The van der Waals surface area contributed by atoms with E-state index in [1.54, 1.807) is 12.4 Å². The van der Waals surface area contributed by atoms with Crippen LogP contribution in [0.3, 0.4) is 0 Å². The normalized spacial score (nSPS) is 13.0. The lowest BCUT2D eigenvalue weighted by atomic mass is 10.3. The zero-order valence-corrected chi connectivity index (χ0v) is 7.98. The summed E-state index contributed by atoms with van der Waals surface area (Å²) in [6, 6.07) is 0.0474. The maximum Gasteiger partial charge on any atom is 0.243 e. The van der Waals surface area contributed by atoms with Crippen LogP contribution in [0.15, 0.2) is 16.9 Å². The Morgan fingerprint density at radius 2 is 2.43 bits per heavy atom. The van der Waals surface area contributed by atoms with E-state index in [0.29, 0.717) is 17.5 Å². The van der Waals surface area contributed by atoms with E-state index in [4.69, 9.17) is 4.52 Å². The van der Waals surface area contributed by atoms with E-state index in [0.717, 1.165) is 0 Å². The standard InChI is InChI=1S/C8H11N5O/c1-5(9-2)8-12-7(13-14-8)6-10-3-4-11-6/h3-5,9H,1-2H3,(H,10,11)/t5-/m0/s1. The first kappa shape index (κ1) is 8.89. The summed E-state index contributed by atoms with van der Waals surface area (Å²) in [6.45, 7) is 1.94. The van der Waals surface area contributed by atoms with Crippen molar-refractivity contribution in [1.29, 1.82) is 0 Å². The molecule has 2 aromatic rings. The third-order valence-electron chi connectivity index (χ3n) is 1.96. The number of aromatic nitrogens is 4. The minimum Gasteiger partial charge on any atom is -0.342 e. The van der Waals surface area contributed by atoms with Gasteiger partial charge >= 0.3 is 0 Å². The molecule has 0 saturated carbocycles. The molecule has 0 unspecified atom stereocenters. The van der Waals surface area contributed by atoms with Crippen molar-refractivity contribution >= 4 is 0 Å². The molecule has 0 spiro atoms. The van der Waals surface area contributed by atoms with Gasteiger partial charge in [-0.15, -0.1) is 0 Å². The fourth-order valence-electron chi connectivity index (χ4n) is 1.02. The number of H-pyrrole nitrogens is 1. The average molecular weight is 193 g/mol. The largest absolute Gasteiger partial charge is 0.342 e. The summed E-state index contributed by atoms with van der Waals surface area (Å²) >= 11 is 0. The summed E-state index contributed by atoms with van der Waals surface area (Å²) in [6.07, 6.45) is 3.36. The van der Waals surface area contributed by atoms with Crippen LogP contribution in [0.5, 0.6) is 0 Å². The van der Waals surface area contributed by atoms with Gasteiger partial charge in [0.15, 0.2) is 5.82 Å². The van der Waals surface area contributed by atoms with Gasteiger partial charge in [0.1, 0.15) is 0 Å². The quantitative estimate of drug-likeness (QED) is 0.751. The van der Waals surface area contributed by atoms with E-state index < -0.39 is 0 Å². The smallest absolute Gasteiger partial charge is 0.243 e. The predicted molar refractivity (Wildman–Crippen MR) is 49.4 cm³/mol. The lowest BCUT2D eigenvalue weighted by molar-refractivity contribution is 0.347. The van der Waals surface area contributed by atoms with Crippen LogP contribution in [0.4, 0.5) is 0 Å². The van der Waals surface area contributed by atoms with Gasteiger partial charge < -0.3 is 14.8 Å². The van der Waals surface area contributed by atoms with Crippen LogP contribution in [-0.2, 0) is 0 Å². The highest BCUT2D eigenvalue weighted by Crippen LogP contribution is 2.14. The van der Waals surface area contributed by atoms with Gasteiger partial charge in [-0.05, 0) is 14.0 Å². The van der Waals surface area contributed by atoms with Gasteiger partial charge in [-0.1, -0.05) is 5.16 Å². The molecule has 2 rings (SSSR count). The van der Waals surface area contributed by atoms with Crippen molar-refractivity contribution in [3.05, 3.63) is 18.3 Å². The molecular weight excluding hydrogens is 182 g/mol. The SMILES string of the molecule is CN[C@@H](C)c1nc(-c2ncc[nH]2)no1. The summed E-state index contributed by atoms with van der Waals surface area (Å²) < 4.78 is 5.06. The molecule has 1 atom stereocenters. The van der Waals surface area contributed by atoms with Crippen molar-refractivity contribution in [2.45, 2.75) is 13.0 Å². The lowest BCUT2D eigenvalue weighted by Crippen LogP contribution is -2.12. The zero-order chi connectivity index (χ0) is 9.97. The number of aromatic amines is 1. The van der Waals surface area contributed by atoms with Gasteiger partial charge in [-0.2, -0.15) is 4.98 Å². The summed E-state index contributed by atoms with van der Waals surface area (Å²) in [7, 11) is 1.83. The first-order chi connectivity index (χ1) is 6.81. The van der Waals surface area contributed by atoms with Crippen LogP contribution in [0.1, 0.15) is 18.9 Å². The molecule has 0 aliphatic rings. The van der Waals surface area contributed by atoms with E-state index in [2.05, 4.69) is 25.4 Å². The second-order valence-electron chi connectivity index (χ2n) is 2.90. The molecule has 0 aromatic carbocycles. The van der Waals surface area contributed by atoms with E-state index in [1.807, 2.05) is 14.0 Å². The number of hydrogen-bond acceptors (Lipinski definition) is 5. The molecule has 0 aliphatic carbocycles. The van der Waals surface area contributed by atoms with Crippen molar-refractivity contribution in [2.24, 2.45) is 0 Å². The number of imidazole rings is 1. The van der Waals surface area contributed by atoms with Crippen LogP contribution in [0.25, 0.3) is 11.6 Å². The molecule has 0 amide bonds. The second-order valence-corrected chi connectivity index (χ2v) is 2.90. The van der Waals surface area contributed by atoms with Crippen LogP contribution in [0, 0.1) is 0 Å². The van der Waals surface area contributed by atoms with Crippen molar-refractivity contribution in [3.63, 3.8) is 0 Å². The Morgan fingerprint density at radius 3 is 3.07 bits per heavy atom. The Bertz CT molecular complexity index is 394. The molecule has 6 nitrogen and oxygen atoms in total. The van der Waals surface area contributed by atoms with Gasteiger partial charge in [-0.25, -0.2) is 4.98 Å².